The van der Waals surface area contributed by atoms with E-state index in [-0.39, 0.29) is 5.91 Å². The highest BCUT2D eigenvalue weighted by Gasteiger charge is 2.24. The molecule has 0 aromatic carbocycles. The zero-order valence-corrected chi connectivity index (χ0v) is 11.5. The van der Waals surface area contributed by atoms with Crippen molar-refractivity contribution in [3.05, 3.63) is 0 Å². The SMILES string of the molecule is CC1CN(CCCC(=O)N(C)C)CCC1CN. The summed E-state index contributed by atoms with van der Waals surface area (Å²) in [6.45, 7) is 6.42. The molecule has 2 N–H and O–H groups in total. The van der Waals surface area contributed by atoms with Gasteiger partial charge in [-0.05, 0) is 44.3 Å². The number of piperidine rings is 1. The minimum atomic E-state index is 0.231. The summed E-state index contributed by atoms with van der Waals surface area (Å²) in [6.07, 6.45) is 2.84. The van der Waals surface area contributed by atoms with Crippen molar-refractivity contribution in [3.63, 3.8) is 0 Å². The molecular formula is C13H27N3O. The van der Waals surface area contributed by atoms with Crippen molar-refractivity contribution in [2.45, 2.75) is 26.2 Å². The quantitative estimate of drug-likeness (QED) is 0.773. The van der Waals surface area contributed by atoms with Crippen LogP contribution in [-0.4, -0.2) is 56.0 Å². The van der Waals surface area contributed by atoms with Crippen LogP contribution in [0.3, 0.4) is 0 Å². The molecule has 2 unspecified atom stereocenters. The van der Waals surface area contributed by atoms with Crippen LogP contribution >= 0.6 is 0 Å². The molecule has 0 radical (unpaired) electrons. The molecule has 1 aliphatic rings. The zero-order chi connectivity index (χ0) is 12.8. The van der Waals surface area contributed by atoms with Crippen LogP contribution in [0.1, 0.15) is 26.2 Å². The van der Waals surface area contributed by atoms with Gasteiger partial charge in [0.1, 0.15) is 0 Å². The third-order valence-corrected chi connectivity index (χ3v) is 3.83. The Hall–Kier alpha value is -0.610. The van der Waals surface area contributed by atoms with Crippen molar-refractivity contribution in [1.82, 2.24) is 9.80 Å². The number of amides is 1. The van der Waals surface area contributed by atoms with E-state index in [0.29, 0.717) is 18.3 Å². The normalized spacial score (nSPS) is 25.9. The van der Waals surface area contributed by atoms with Crippen molar-refractivity contribution in [1.29, 1.82) is 0 Å². The van der Waals surface area contributed by atoms with Gasteiger partial charge in [-0.25, -0.2) is 0 Å². The monoisotopic (exact) mass is 241 g/mol. The van der Waals surface area contributed by atoms with Crippen molar-refractivity contribution < 1.29 is 4.79 Å². The van der Waals surface area contributed by atoms with E-state index < -0.39 is 0 Å². The topological polar surface area (TPSA) is 49.6 Å². The summed E-state index contributed by atoms with van der Waals surface area (Å²) in [7, 11) is 3.63. The largest absolute Gasteiger partial charge is 0.349 e. The van der Waals surface area contributed by atoms with E-state index in [9.17, 15) is 4.79 Å². The van der Waals surface area contributed by atoms with Crippen LogP contribution in [0, 0.1) is 11.8 Å². The molecule has 0 aliphatic carbocycles. The summed E-state index contributed by atoms with van der Waals surface area (Å²) in [5.41, 5.74) is 5.74. The predicted molar refractivity (Wildman–Crippen MR) is 70.7 cm³/mol. The van der Waals surface area contributed by atoms with E-state index in [1.165, 1.54) is 6.42 Å². The first-order valence-corrected chi connectivity index (χ1v) is 6.67. The highest BCUT2D eigenvalue weighted by Crippen LogP contribution is 2.22. The third kappa shape index (κ3) is 4.64. The van der Waals surface area contributed by atoms with E-state index in [1.54, 1.807) is 4.90 Å². The molecule has 17 heavy (non-hydrogen) atoms. The molecule has 1 heterocycles. The Morgan fingerprint density at radius 3 is 2.71 bits per heavy atom. The van der Waals surface area contributed by atoms with Gasteiger partial charge in [-0.3, -0.25) is 4.79 Å². The van der Waals surface area contributed by atoms with Gasteiger partial charge in [0.05, 0.1) is 0 Å². The second kappa shape index (κ2) is 6.97. The number of rotatable bonds is 5. The second-order valence-corrected chi connectivity index (χ2v) is 5.45. The first-order valence-electron chi connectivity index (χ1n) is 6.67. The van der Waals surface area contributed by atoms with Gasteiger partial charge in [0.25, 0.3) is 0 Å². The van der Waals surface area contributed by atoms with Gasteiger partial charge in [0, 0.05) is 27.1 Å². The molecule has 1 aliphatic heterocycles. The standard InChI is InChI=1S/C13H27N3O/c1-11-10-16(8-6-12(11)9-14)7-4-5-13(17)15(2)3/h11-12H,4-10,14H2,1-3H3. The summed E-state index contributed by atoms with van der Waals surface area (Å²) in [5, 5.41) is 0. The molecule has 4 heteroatoms. The van der Waals surface area contributed by atoms with Crippen molar-refractivity contribution >= 4 is 5.91 Å². The number of carbonyl (C=O) groups excluding carboxylic acids is 1. The number of hydrogen-bond acceptors (Lipinski definition) is 3. The van der Waals surface area contributed by atoms with Crippen molar-refractivity contribution in [3.8, 4) is 0 Å². The number of nitrogens with zero attached hydrogens (tertiary/aromatic N) is 2. The lowest BCUT2D eigenvalue weighted by atomic mass is 9.87. The fourth-order valence-electron chi connectivity index (χ4n) is 2.51. The molecule has 0 aromatic rings. The second-order valence-electron chi connectivity index (χ2n) is 5.45. The maximum atomic E-state index is 11.4. The van der Waals surface area contributed by atoms with Crippen LogP contribution < -0.4 is 5.73 Å². The van der Waals surface area contributed by atoms with Crippen LogP contribution in [0.15, 0.2) is 0 Å². The highest BCUT2D eigenvalue weighted by atomic mass is 16.2. The molecule has 100 valence electrons. The fraction of sp³-hybridized carbons (Fsp3) is 0.923. The van der Waals surface area contributed by atoms with Crippen molar-refractivity contribution in [2.75, 3.05) is 40.3 Å². The fourth-order valence-corrected chi connectivity index (χ4v) is 2.51. The van der Waals surface area contributed by atoms with E-state index in [4.69, 9.17) is 5.73 Å². The average Bonchev–Trinajstić information content (AvgIpc) is 2.29. The lowest BCUT2D eigenvalue weighted by molar-refractivity contribution is -0.128. The Kier molecular flexibility index (Phi) is 5.92. The Bertz CT molecular complexity index is 243. The van der Waals surface area contributed by atoms with E-state index in [1.807, 2.05) is 14.1 Å². The maximum absolute atomic E-state index is 11.4. The molecule has 1 fully saturated rings. The molecule has 2 atom stereocenters. The van der Waals surface area contributed by atoms with E-state index in [0.717, 1.165) is 32.6 Å². The Morgan fingerprint density at radius 1 is 1.47 bits per heavy atom. The van der Waals surface area contributed by atoms with Crippen LogP contribution in [0.2, 0.25) is 0 Å². The van der Waals surface area contributed by atoms with Gasteiger partial charge in [-0.1, -0.05) is 6.92 Å². The van der Waals surface area contributed by atoms with Crippen molar-refractivity contribution in [2.24, 2.45) is 17.6 Å². The Balaban J connectivity index is 2.19. The third-order valence-electron chi connectivity index (χ3n) is 3.83. The number of nitrogens with two attached hydrogens (primary N) is 1. The summed E-state index contributed by atoms with van der Waals surface area (Å²) in [4.78, 5) is 15.6. The lowest BCUT2D eigenvalue weighted by Crippen LogP contribution is -2.42. The van der Waals surface area contributed by atoms with E-state index in [2.05, 4.69) is 11.8 Å². The number of carbonyl (C=O) groups is 1. The van der Waals surface area contributed by atoms with Crippen LogP contribution in [-0.2, 0) is 4.79 Å². The lowest BCUT2D eigenvalue weighted by Gasteiger charge is -2.36. The first-order chi connectivity index (χ1) is 8.04. The van der Waals surface area contributed by atoms with Gasteiger partial charge >= 0.3 is 0 Å². The Labute approximate surface area is 105 Å². The summed E-state index contributed by atoms with van der Waals surface area (Å²) >= 11 is 0. The summed E-state index contributed by atoms with van der Waals surface area (Å²) in [6, 6.07) is 0. The minimum Gasteiger partial charge on any atom is -0.349 e. The van der Waals surface area contributed by atoms with Crippen LogP contribution in [0.25, 0.3) is 0 Å². The molecule has 0 aromatic heterocycles. The van der Waals surface area contributed by atoms with Gasteiger partial charge in [-0.15, -0.1) is 0 Å². The van der Waals surface area contributed by atoms with Crippen LogP contribution in [0.5, 0.6) is 0 Å². The highest BCUT2D eigenvalue weighted by molar-refractivity contribution is 5.75. The van der Waals surface area contributed by atoms with E-state index >= 15 is 0 Å². The summed E-state index contributed by atoms with van der Waals surface area (Å²) < 4.78 is 0. The van der Waals surface area contributed by atoms with Crippen LogP contribution in [0.4, 0.5) is 0 Å². The molecule has 4 nitrogen and oxygen atoms in total. The maximum Gasteiger partial charge on any atom is 0.222 e. The number of likely N-dealkylation sites (tertiary alicyclic amines) is 1. The molecule has 1 amide bonds. The average molecular weight is 241 g/mol. The predicted octanol–water partition coefficient (Wildman–Crippen LogP) is 0.772. The molecule has 1 rings (SSSR count). The van der Waals surface area contributed by atoms with Gasteiger partial charge in [0.15, 0.2) is 0 Å². The van der Waals surface area contributed by atoms with Gasteiger partial charge in [-0.2, -0.15) is 0 Å². The first kappa shape index (κ1) is 14.5. The molecule has 1 saturated heterocycles. The number of hydrogen-bond donors (Lipinski definition) is 1. The molecular weight excluding hydrogens is 214 g/mol. The zero-order valence-electron chi connectivity index (χ0n) is 11.5. The van der Waals surface area contributed by atoms with Gasteiger partial charge in [0.2, 0.25) is 5.91 Å². The minimum absolute atomic E-state index is 0.231. The molecule has 0 bridgehead atoms. The molecule has 0 spiro atoms. The smallest absolute Gasteiger partial charge is 0.222 e. The Morgan fingerprint density at radius 2 is 2.18 bits per heavy atom. The summed E-state index contributed by atoms with van der Waals surface area (Å²) in [5.74, 6) is 1.61. The molecule has 0 saturated carbocycles. The van der Waals surface area contributed by atoms with Gasteiger partial charge < -0.3 is 15.5 Å².